The lowest BCUT2D eigenvalue weighted by Crippen LogP contribution is -2.43. The average Bonchev–Trinajstić information content (AvgIpc) is 3.39. The van der Waals surface area contributed by atoms with Crippen LogP contribution < -0.4 is 0 Å². The van der Waals surface area contributed by atoms with Crippen LogP contribution >= 0.6 is 15.9 Å². The second-order valence-electron chi connectivity index (χ2n) is 8.78. The lowest BCUT2D eigenvalue weighted by atomic mass is 9.95. The molecule has 2 aromatic heterocycles. The van der Waals surface area contributed by atoms with Gasteiger partial charge < -0.3 is 9.88 Å². The number of aryl methyl sites for hydroxylation is 2. The number of benzene rings is 2. The van der Waals surface area contributed by atoms with Gasteiger partial charge in [-0.15, -0.1) is 0 Å². The molecule has 0 spiro atoms. The van der Waals surface area contributed by atoms with E-state index in [1.54, 1.807) is 0 Å². The highest BCUT2D eigenvalue weighted by molar-refractivity contribution is 9.10. The van der Waals surface area contributed by atoms with Crippen molar-refractivity contribution in [1.82, 2.24) is 19.9 Å². The number of pyridine rings is 1. The third-order valence-electron chi connectivity index (χ3n) is 6.49. The molecule has 2 aromatic carbocycles. The molecule has 162 valence electrons. The third-order valence-corrected chi connectivity index (χ3v) is 6.95. The van der Waals surface area contributed by atoms with Crippen molar-refractivity contribution in [3.05, 3.63) is 81.8 Å². The third kappa shape index (κ3) is 3.43. The molecule has 0 saturated carbocycles. The molecule has 6 heteroatoms. The van der Waals surface area contributed by atoms with Crippen LogP contribution in [0.25, 0.3) is 22.2 Å². The fourth-order valence-electron chi connectivity index (χ4n) is 4.77. The van der Waals surface area contributed by atoms with Gasteiger partial charge in [-0.3, -0.25) is 9.78 Å². The number of likely N-dealkylation sites (tertiary alicyclic amines) is 1. The SMILES string of the molecule is Cc1cc(C(=O)N2CCCC2(C)c2nc3c(C)cc(Br)cc3[nH]2)c(-c2ccccc2)cn1. The molecule has 1 unspecified atom stereocenters. The van der Waals surface area contributed by atoms with Gasteiger partial charge in [0, 0.05) is 28.5 Å². The summed E-state index contributed by atoms with van der Waals surface area (Å²) in [4.78, 5) is 28.9. The van der Waals surface area contributed by atoms with E-state index in [-0.39, 0.29) is 5.91 Å². The monoisotopic (exact) mass is 488 g/mol. The molecule has 1 amide bonds. The summed E-state index contributed by atoms with van der Waals surface area (Å²) in [6, 6.07) is 16.0. The highest BCUT2D eigenvalue weighted by Gasteiger charge is 2.44. The summed E-state index contributed by atoms with van der Waals surface area (Å²) in [7, 11) is 0. The van der Waals surface area contributed by atoms with Crippen molar-refractivity contribution in [1.29, 1.82) is 0 Å². The first-order valence-electron chi connectivity index (χ1n) is 10.9. The molecule has 1 aliphatic rings. The highest BCUT2D eigenvalue weighted by atomic mass is 79.9. The molecule has 5 rings (SSSR count). The summed E-state index contributed by atoms with van der Waals surface area (Å²) in [5.74, 6) is 0.860. The van der Waals surface area contributed by atoms with Gasteiger partial charge in [0.05, 0.1) is 22.1 Å². The summed E-state index contributed by atoms with van der Waals surface area (Å²) in [6.07, 6.45) is 3.61. The van der Waals surface area contributed by atoms with E-state index in [2.05, 4.69) is 45.8 Å². The van der Waals surface area contributed by atoms with Gasteiger partial charge in [0.2, 0.25) is 0 Å². The standard InChI is InChI=1S/C26H25BrN4O/c1-16-12-19(27)14-22-23(16)30-25(29-22)26(3)10-7-11-31(26)24(32)20-13-17(2)28-15-21(20)18-8-5-4-6-9-18/h4-6,8-9,12-15H,7,10-11H2,1-3H3,(H,29,30). The van der Waals surface area contributed by atoms with Crippen LogP contribution in [0.2, 0.25) is 0 Å². The number of carbonyl (C=O) groups is 1. The summed E-state index contributed by atoms with van der Waals surface area (Å²) < 4.78 is 1.02. The first-order chi connectivity index (χ1) is 15.4. The van der Waals surface area contributed by atoms with E-state index in [0.29, 0.717) is 12.1 Å². The van der Waals surface area contributed by atoms with Crippen molar-refractivity contribution in [2.75, 3.05) is 6.54 Å². The van der Waals surface area contributed by atoms with Crippen LogP contribution in [0, 0.1) is 13.8 Å². The van der Waals surface area contributed by atoms with Gasteiger partial charge in [0.25, 0.3) is 5.91 Å². The van der Waals surface area contributed by atoms with E-state index < -0.39 is 5.54 Å². The van der Waals surface area contributed by atoms with Crippen molar-refractivity contribution in [2.24, 2.45) is 0 Å². The van der Waals surface area contributed by atoms with E-state index >= 15 is 0 Å². The van der Waals surface area contributed by atoms with E-state index in [4.69, 9.17) is 4.98 Å². The Kier molecular flexibility index (Phi) is 5.13. The minimum absolute atomic E-state index is 0.0210. The molecule has 0 bridgehead atoms. The number of H-pyrrole nitrogens is 1. The molecule has 5 nitrogen and oxygen atoms in total. The Morgan fingerprint density at radius 3 is 2.72 bits per heavy atom. The summed E-state index contributed by atoms with van der Waals surface area (Å²) >= 11 is 3.57. The zero-order valence-corrected chi connectivity index (χ0v) is 20.0. The van der Waals surface area contributed by atoms with Crippen molar-refractivity contribution >= 4 is 32.9 Å². The molecule has 1 N–H and O–H groups in total. The first kappa shape index (κ1) is 20.9. The summed E-state index contributed by atoms with van der Waals surface area (Å²) in [5, 5.41) is 0. The van der Waals surface area contributed by atoms with Gasteiger partial charge in [-0.05, 0) is 62.9 Å². The van der Waals surface area contributed by atoms with Crippen molar-refractivity contribution in [3.8, 4) is 11.1 Å². The smallest absolute Gasteiger partial charge is 0.255 e. The molecule has 1 atom stereocenters. The van der Waals surface area contributed by atoms with Crippen LogP contribution in [-0.2, 0) is 5.54 Å². The zero-order valence-electron chi connectivity index (χ0n) is 18.4. The van der Waals surface area contributed by atoms with E-state index in [9.17, 15) is 4.79 Å². The predicted molar refractivity (Wildman–Crippen MR) is 131 cm³/mol. The average molecular weight is 489 g/mol. The number of fused-ring (bicyclic) bond motifs is 1. The number of imidazole rings is 1. The van der Waals surface area contributed by atoms with Crippen LogP contribution in [0.15, 0.2) is 59.2 Å². The number of rotatable bonds is 3. The number of nitrogens with one attached hydrogen (secondary N) is 1. The van der Waals surface area contributed by atoms with Gasteiger partial charge >= 0.3 is 0 Å². The molecule has 32 heavy (non-hydrogen) atoms. The van der Waals surface area contributed by atoms with Crippen LogP contribution in [-0.4, -0.2) is 32.3 Å². The second-order valence-corrected chi connectivity index (χ2v) is 9.69. The number of aromatic nitrogens is 3. The largest absolute Gasteiger partial charge is 0.340 e. The molecule has 1 saturated heterocycles. The second kappa shape index (κ2) is 7.85. The van der Waals surface area contributed by atoms with E-state index in [1.165, 1.54) is 0 Å². The van der Waals surface area contributed by atoms with Crippen molar-refractivity contribution < 1.29 is 4.79 Å². The number of hydrogen-bond acceptors (Lipinski definition) is 3. The number of halogens is 1. The van der Waals surface area contributed by atoms with Gasteiger partial charge in [0.15, 0.2) is 0 Å². The Morgan fingerprint density at radius 1 is 1.16 bits per heavy atom. The minimum atomic E-state index is -0.500. The Balaban J connectivity index is 1.59. The summed E-state index contributed by atoms with van der Waals surface area (Å²) in [5.41, 5.74) is 5.91. The maximum absolute atomic E-state index is 14.0. The Bertz CT molecular complexity index is 1330. The Hall–Kier alpha value is -2.99. The van der Waals surface area contributed by atoms with Gasteiger partial charge in [-0.25, -0.2) is 4.98 Å². The fraction of sp³-hybridized carbons (Fsp3) is 0.269. The van der Waals surface area contributed by atoms with Crippen molar-refractivity contribution in [3.63, 3.8) is 0 Å². The van der Waals surface area contributed by atoms with Gasteiger partial charge in [0.1, 0.15) is 5.82 Å². The lowest BCUT2D eigenvalue weighted by Gasteiger charge is -2.34. The lowest BCUT2D eigenvalue weighted by molar-refractivity contribution is 0.0606. The topological polar surface area (TPSA) is 61.9 Å². The normalized spacial score (nSPS) is 18.4. The van der Waals surface area contributed by atoms with Gasteiger partial charge in [-0.2, -0.15) is 0 Å². The number of amides is 1. The number of nitrogens with zero attached hydrogens (tertiary/aromatic N) is 3. The molecule has 0 radical (unpaired) electrons. The maximum Gasteiger partial charge on any atom is 0.255 e. The van der Waals surface area contributed by atoms with Crippen LogP contribution in [0.1, 0.15) is 47.2 Å². The van der Waals surface area contributed by atoms with E-state index in [1.807, 2.05) is 60.5 Å². The molecule has 1 aliphatic heterocycles. The fourth-order valence-corrected chi connectivity index (χ4v) is 5.34. The first-order valence-corrected chi connectivity index (χ1v) is 11.7. The Labute approximate surface area is 196 Å². The molecule has 0 aliphatic carbocycles. The van der Waals surface area contributed by atoms with Crippen LogP contribution in [0.4, 0.5) is 0 Å². The van der Waals surface area contributed by atoms with E-state index in [0.717, 1.165) is 56.6 Å². The molecular weight excluding hydrogens is 464 g/mol. The number of aromatic amines is 1. The maximum atomic E-state index is 14.0. The number of hydrogen-bond donors (Lipinski definition) is 1. The van der Waals surface area contributed by atoms with Crippen molar-refractivity contribution in [2.45, 2.75) is 39.2 Å². The number of carbonyl (C=O) groups excluding carboxylic acids is 1. The molecular formula is C26H25BrN4O. The molecule has 3 heterocycles. The predicted octanol–water partition coefficient (Wildman–Crippen LogP) is 6.16. The summed E-state index contributed by atoms with van der Waals surface area (Å²) in [6.45, 7) is 6.80. The Morgan fingerprint density at radius 2 is 1.94 bits per heavy atom. The zero-order chi connectivity index (χ0) is 22.5. The quantitative estimate of drug-likeness (QED) is 0.375. The molecule has 1 fully saturated rings. The molecule has 4 aromatic rings. The minimum Gasteiger partial charge on any atom is -0.340 e. The van der Waals surface area contributed by atoms with Gasteiger partial charge in [-0.1, -0.05) is 46.3 Å². The van der Waals surface area contributed by atoms with Crippen LogP contribution in [0.3, 0.4) is 0 Å². The van der Waals surface area contributed by atoms with Crippen LogP contribution in [0.5, 0.6) is 0 Å². The highest BCUT2D eigenvalue weighted by Crippen LogP contribution is 2.40.